The number of aromatic nitrogens is 4. The third-order valence-corrected chi connectivity index (χ3v) is 6.47. The van der Waals surface area contributed by atoms with Gasteiger partial charge in [0.15, 0.2) is 0 Å². The Kier molecular flexibility index (Phi) is 8.78. The number of fused-ring (bicyclic) bond motifs is 1. The quantitative estimate of drug-likeness (QED) is 0.393. The lowest BCUT2D eigenvalue weighted by atomic mass is 9.96. The second-order valence-corrected chi connectivity index (χ2v) is 9.26. The van der Waals surface area contributed by atoms with Crippen LogP contribution in [0.5, 0.6) is 0 Å². The van der Waals surface area contributed by atoms with Gasteiger partial charge >= 0.3 is 17.8 Å². The Balaban J connectivity index is 0.000000505. The number of tetrazole rings is 1. The maximum absolute atomic E-state index is 12.8. The number of hydrogen-bond acceptors (Lipinski definition) is 7. The molecule has 3 aromatic rings. The van der Waals surface area contributed by atoms with Crippen molar-refractivity contribution in [1.82, 2.24) is 19.8 Å². The fraction of sp³-hybridized carbons (Fsp3) is 0.318. The molecule has 0 unspecified atom stereocenters. The van der Waals surface area contributed by atoms with Gasteiger partial charge < -0.3 is 16.2 Å². The molecule has 0 aliphatic carbocycles. The first kappa shape index (κ1) is 28.6. The molecule has 0 saturated carbocycles. The summed E-state index contributed by atoms with van der Waals surface area (Å²) in [6.07, 6.45) is -5.82. The van der Waals surface area contributed by atoms with Crippen LogP contribution in [0.15, 0.2) is 40.7 Å². The Morgan fingerprint density at radius 1 is 1.16 bits per heavy atom. The number of thiophene rings is 1. The molecule has 10 nitrogen and oxygen atoms in total. The Labute approximate surface area is 215 Å². The maximum Gasteiger partial charge on any atom is 0.490 e. The van der Waals surface area contributed by atoms with Crippen molar-refractivity contribution in [2.45, 2.75) is 39.0 Å². The van der Waals surface area contributed by atoms with Gasteiger partial charge in [0.05, 0.1) is 13.1 Å². The van der Waals surface area contributed by atoms with Crippen LogP contribution in [0.2, 0.25) is 0 Å². The minimum atomic E-state index is -5.08. The minimum absolute atomic E-state index is 0.0311. The number of carbonyl (C=O) groups excluding carboxylic acids is 1. The third-order valence-electron chi connectivity index (χ3n) is 5.35. The average molecular weight is 561 g/mol. The van der Waals surface area contributed by atoms with Gasteiger partial charge in [0.1, 0.15) is 0 Å². The number of carboxylic acid groups (broad SMARTS) is 1. The number of aryl methyl sites for hydroxylation is 2. The molecule has 38 heavy (non-hydrogen) atoms. The number of carboxylic acids is 1. The number of rotatable bonds is 6. The van der Waals surface area contributed by atoms with Crippen molar-refractivity contribution in [2.75, 3.05) is 11.9 Å². The van der Waals surface area contributed by atoms with E-state index >= 15 is 0 Å². The van der Waals surface area contributed by atoms with Crippen LogP contribution < -0.4 is 16.7 Å². The number of halogens is 5. The Morgan fingerprint density at radius 2 is 1.82 bits per heavy atom. The zero-order valence-electron chi connectivity index (χ0n) is 19.7. The van der Waals surface area contributed by atoms with E-state index in [0.29, 0.717) is 12.8 Å². The number of amides is 1. The largest absolute Gasteiger partial charge is 0.490 e. The smallest absolute Gasteiger partial charge is 0.475 e. The van der Waals surface area contributed by atoms with Gasteiger partial charge in [0.2, 0.25) is 5.91 Å². The van der Waals surface area contributed by atoms with E-state index in [-0.39, 0.29) is 24.6 Å². The summed E-state index contributed by atoms with van der Waals surface area (Å²) in [4.78, 5) is 34.9. The zero-order valence-corrected chi connectivity index (χ0v) is 20.5. The number of nitrogens with zero attached hydrogens (tertiary/aromatic N) is 4. The molecule has 0 atom stereocenters. The standard InChI is InChI=1S/C20H20F2N6O2S.C2HF3O2/c1-11-6-13(7-12-2-5-17(29)24-18(11)12)16-4-3-15(31-16)10-28-20(30)27(25-26-28)9-14(8-23)19(21)22;3-2(4,5)1(6)7/h3-4,6-7H,2,5,8-10,23H2,1H3,(H,24,29);(H,6,7). The predicted molar refractivity (Wildman–Crippen MR) is 127 cm³/mol. The first-order valence-electron chi connectivity index (χ1n) is 10.9. The van der Waals surface area contributed by atoms with Gasteiger partial charge in [0, 0.05) is 34.0 Å². The van der Waals surface area contributed by atoms with Crippen molar-refractivity contribution in [1.29, 1.82) is 0 Å². The van der Waals surface area contributed by atoms with E-state index in [1.54, 1.807) is 0 Å². The van der Waals surface area contributed by atoms with Crippen LogP contribution in [0.4, 0.5) is 27.6 Å². The summed E-state index contributed by atoms with van der Waals surface area (Å²) >= 11 is 1.51. The topological polar surface area (TPSA) is 145 Å². The number of aliphatic carboxylic acids is 1. The van der Waals surface area contributed by atoms with Crippen LogP contribution in [0.3, 0.4) is 0 Å². The van der Waals surface area contributed by atoms with Gasteiger partial charge in [-0.3, -0.25) is 4.79 Å². The lowest BCUT2D eigenvalue weighted by Gasteiger charge is -2.20. The highest BCUT2D eigenvalue weighted by molar-refractivity contribution is 7.15. The molecule has 16 heteroatoms. The van der Waals surface area contributed by atoms with E-state index in [2.05, 4.69) is 21.8 Å². The molecule has 0 radical (unpaired) electrons. The van der Waals surface area contributed by atoms with Crippen molar-refractivity contribution in [3.8, 4) is 10.4 Å². The zero-order chi connectivity index (χ0) is 28.2. The van der Waals surface area contributed by atoms with Gasteiger partial charge in [-0.15, -0.1) is 11.3 Å². The van der Waals surface area contributed by atoms with Crippen LogP contribution in [-0.4, -0.2) is 49.5 Å². The molecule has 0 bridgehead atoms. The molecule has 4 N–H and O–H groups in total. The van der Waals surface area contributed by atoms with Crippen molar-refractivity contribution in [2.24, 2.45) is 5.73 Å². The fourth-order valence-electron chi connectivity index (χ4n) is 3.48. The van der Waals surface area contributed by atoms with Crippen LogP contribution >= 0.6 is 11.3 Å². The molecule has 1 aliphatic rings. The van der Waals surface area contributed by atoms with Crippen molar-refractivity contribution < 1.29 is 36.6 Å². The molecule has 2 aromatic heterocycles. The van der Waals surface area contributed by atoms with E-state index in [9.17, 15) is 31.5 Å². The number of nitrogens with two attached hydrogens (primary N) is 1. The SMILES string of the molecule is Cc1cc(-c2ccc(Cn3nnn(CC(CN)=C(F)F)c3=O)s2)cc2c1NC(=O)CC2.O=C(O)C(F)(F)F. The predicted octanol–water partition coefficient (Wildman–Crippen LogP) is 3.15. The van der Waals surface area contributed by atoms with E-state index < -0.39 is 30.5 Å². The normalized spacial score (nSPS) is 12.8. The molecule has 4 rings (SSSR count). The minimum Gasteiger partial charge on any atom is -0.475 e. The fourth-order valence-corrected chi connectivity index (χ4v) is 4.46. The van der Waals surface area contributed by atoms with Gasteiger partial charge in [-0.05, 0) is 64.7 Å². The Hall–Kier alpha value is -3.92. The molecule has 0 fully saturated rings. The van der Waals surface area contributed by atoms with E-state index in [1.807, 2.05) is 25.1 Å². The van der Waals surface area contributed by atoms with Crippen molar-refractivity contribution >= 4 is 28.9 Å². The third kappa shape index (κ3) is 6.89. The Bertz CT molecular complexity index is 1440. The molecule has 1 aromatic carbocycles. The monoisotopic (exact) mass is 560 g/mol. The number of benzene rings is 1. The Morgan fingerprint density at radius 3 is 2.42 bits per heavy atom. The summed E-state index contributed by atoms with van der Waals surface area (Å²) in [5.74, 6) is -2.73. The van der Waals surface area contributed by atoms with Crippen molar-refractivity contribution in [3.63, 3.8) is 0 Å². The highest BCUT2D eigenvalue weighted by atomic mass is 32.1. The van der Waals surface area contributed by atoms with Gasteiger partial charge in [-0.25, -0.2) is 9.59 Å². The summed E-state index contributed by atoms with van der Waals surface area (Å²) in [5, 5.41) is 17.5. The molecular weight excluding hydrogens is 539 g/mol. The highest BCUT2D eigenvalue weighted by Crippen LogP contribution is 2.35. The van der Waals surface area contributed by atoms with E-state index in [4.69, 9.17) is 15.6 Å². The van der Waals surface area contributed by atoms with Gasteiger partial charge in [0.25, 0.3) is 6.08 Å². The molecule has 1 amide bonds. The van der Waals surface area contributed by atoms with Crippen LogP contribution in [0.1, 0.15) is 22.4 Å². The number of hydrogen-bond donors (Lipinski definition) is 3. The number of carbonyl (C=O) groups is 2. The molecule has 1 aliphatic heterocycles. The number of nitrogens with one attached hydrogen (secondary N) is 1. The summed E-state index contributed by atoms with van der Waals surface area (Å²) in [6, 6.07) is 7.96. The average Bonchev–Trinajstić information content (AvgIpc) is 3.44. The number of anilines is 1. The van der Waals surface area contributed by atoms with Crippen LogP contribution in [0, 0.1) is 6.92 Å². The molecule has 0 saturated heterocycles. The second-order valence-electron chi connectivity index (χ2n) is 8.09. The van der Waals surface area contributed by atoms with Gasteiger partial charge in [-0.1, -0.05) is 0 Å². The summed E-state index contributed by atoms with van der Waals surface area (Å²) in [5.41, 5.74) is 8.38. The number of alkyl halides is 3. The maximum atomic E-state index is 12.8. The van der Waals surface area contributed by atoms with E-state index in [0.717, 1.165) is 41.5 Å². The summed E-state index contributed by atoms with van der Waals surface area (Å²) in [7, 11) is 0. The van der Waals surface area contributed by atoms with Crippen molar-refractivity contribution in [3.05, 3.63) is 62.4 Å². The summed E-state index contributed by atoms with van der Waals surface area (Å²) < 4.78 is 59.3. The molecule has 3 heterocycles. The lowest BCUT2D eigenvalue weighted by molar-refractivity contribution is -0.192. The highest BCUT2D eigenvalue weighted by Gasteiger charge is 2.38. The van der Waals surface area contributed by atoms with Crippen LogP contribution in [0.25, 0.3) is 10.4 Å². The molecule has 204 valence electrons. The first-order valence-corrected chi connectivity index (χ1v) is 11.7. The first-order chi connectivity index (χ1) is 17.8. The molecular formula is C22H21F5N6O4S. The van der Waals surface area contributed by atoms with E-state index in [1.165, 1.54) is 11.3 Å². The lowest BCUT2D eigenvalue weighted by Crippen LogP contribution is -2.27. The second kappa shape index (κ2) is 11.6. The molecule has 0 spiro atoms. The summed E-state index contributed by atoms with van der Waals surface area (Å²) in [6.45, 7) is 1.39. The van der Waals surface area contributed by atoms with Gasteiger partial charge in [-0.2, -0.15) is 31.3 Å². The van der Waals surface area contributed by atoms with Crippen LogP contribution in [-0.2, 0) is 29.1 Å².